The van der Waals surface area contributed by atoms with Gasteiger partial charge < -0.3 is 5.32 Å². The van der Waals surface area contributed by atoms with E-state index in [0.29, 0.717) is 6.04 Å². The van der Waals surface area contributed by atoms with E-state index in [4.69, 9.17) is 11.6 Å². The fourth-order valence-electron chi connectivity index (χ4n) is 2.48. The maximum absolute atomic E-state index is 5.91. The highest BCUT2D eigenvalue weighted by Crippen LogP contribution is 2.41. The van der Waals surface area contributed by atoms with E-state index in [1.165, 1.54) is 24.0 Å². The molecule has 0 amide bonds. The quantitative estimate of drug-likeness (QED) is 0.839. The molecule has 1 saturated carbocycles. The van der Waals surface area contributed by atoms with Crippen molar-refractivity contribution in [1.82, 2.24) is 5.32 Å². The Balaban J connectivity index is 1.67. The van der Waals surface area contributed by atoms with Gasteiger partial charge in [-0.3, -0.25) is 0 Å². The Morgan fingerprint density at radius 2 is 1.68 bits per heavy atom. The minimum atomic E-state index is 0.483. The van der Waals surface area contributed by atoms with Gasteiger partial charge in [-0.25, -0.2) is 0 Å². The van der Waals surface area contributed by atoms with Crippen LogP contribution in [0.25, 0.3) is 0 Å². The highest BCUT2D eigenvalue weighted by Gasteiger charge is 2.31. The Kier molecular flexibility index (Phi) is 3.86. The number of benzene rings is 2. The summed E-state index contributed by atoms with van der Waals surface area (Å²) >= 11 is 5.91. The summed E-state index contributed by atoms with van der Waals surface area (Å²) in [5, 5.41) is 4.49. The minimum absolute atomic E-state index is 0.483. The van der Waals surface area contributed by atoms with Crippen LogP contribution in [-0.2, 0) is 6.54 Å². The maximum Gasteiger partial charge on any atom is 0.0406 e. The molecule has 1 unspecified atom stereocenters. The highest BCUT2D eigenvalue weighted by atomic mass is 35.5. The van der Waals surface area contributed by atoms with Crippen molar-refractivity contribution in [2.45, 2.75) is 25.4 Å². The van der Waals surface area contributed by atoms with Gasteiger partial charge in [0.1, 0.15) is 0 Å². The predicted octanol–water partition coefficient (Wildman–Crippen LogP) is 4.58. The van der Waals surface area contributed by atoms with Crippen molar-refractivity contribution in [2.24, 2.45) is 5.92 Å². The second-order valence-corrected chi connectivity index (χ2v) is 5.67. The van der Waals surface area contributed by atoms with Crippen LogP contribution < -0.4 is 5.32 Å². The molecule has 2 aromatic carbocycles. The fraction of sp³-hybridized carbons (Fsp3) is 0.294. The molecule has 0 aromatic heterocycles. The second-order valence-electron chi connectivity index (χ2n) is 5.23. The Morgan fingerprint density at radius 3 is 2.32 bits per heavy atom. The number of hydrogen-bond acceptors (Lipinski definition) is 1. The van der Waals surface area contributed by atoms with E-state index in [0.717, 1.165) is 17.5 Å². The van der Waals surface area contributed by atoms with Crippen molar-refractivity contribution in [3.63, 3.8) is 0 Å². The molecule has 1 N–H and O–H groups in total. The van der Waals surface area contributed by atoms with Gasteiger partial charge in [-0.2, -0.15) is 0 Å². The van der Waals surface area contributed by atoms with Crippen LogP contribution in [0.5, 0.6) is 0 Å². The van der Waals surface area contributed by atoms with Crippen molar-refractivity contribution in [1.29, 1.82) is 0 Å². The van der Waals surface area contributed by atoms with Crippen LogP contribution in [0.2, 0.25) is 5.02 Å². The Labute approximate surface area is 119 Å². The summed E-state index contributed by atoms with van der Waals surface area (Å²) in [7, 11) is 0. The monoisotopic (exact) mass is 271 g/mol. The number of rotatable bonds is 5. The Hall–Kier alpha value is -1.31. The summed E-state index contributed by atoms with van der Waals surface area (Å²) in [6, 6.07) is 19.3. The molecule has 3 rings (SSSR count). The average molecular weight is 272 g/mol. The van der Waals surface area contributed by atoms with E-state index < -0.39 is 0 Å². The SMILES string of the molecule is Clc1ccc(CNC(c2ccccc2)C2CC2)cc1. The molecule has 19 heavy (non-hydrogen) atoms. The zero-order valence-electron chi connectivity index (χ0n) is 10.9. The van der Waals surface area contributed by atoms with Crippen molar-refractivity contribution >= 4 is 11.6 Å². The minimum Gasteiger partial charge on any atom is -0.306 e. The van der Waals surface area contributed by atoms with Crippen molar-refractivity contribution in [3.8, 4) is 0 Å². The fourth-order valence-corrected chi connectivity index (χ4v) is 2.60. The zero-order chi connectivity index (χ0) is 13.1. The van der Waals surface area contributed by atoms with Crippen molar-refractivity contribution in [3.05, 3.63) is 70.7 Å². The summed E-state index contributed by atoms with van der Waals surface area (Å²) < 4.78 is 0. The van der Waals surface area contributed by atoms with Crippen molar-refractivity contribution in [2.75, 3.05) is 0 Å². The first-order valence-electron chi connectivity index (χ1n) is 6.86. The van der Waals surface area contributed by atoms with Gasteiger partial charge in [-0.15, -0.1) is 0 Å². The maximum atomic E-state index is 5.91. The lowest BCUT2D eigenvalue weighted by Gasteiger charge is -2.19. The lowest BCUT2D eigenvalue weighted by Crippen LogP contribution is -2.22. The van der Waals surface area contributed by atoms with Crippen LogP contribution in [0.15, 0.2) is 54.6 Å². The van der Waals surface area contributed by atoms with Gasteiger partial charge in [0.05, 0.1) is 0 Å². The van der Waals surface area contributed by atoms with Gasteiger partial charge in [-0.1, -0.05) is 54.1 Å². The summed E-state index contributed by atoms with van der Waals surface area (Å²) in [5.74, 6) is 0.801. The van der Waals surface area contributed by atoms with Crippen LogP contribution in [0.3, 0.4) is 0 Å². The third-order valence-corrected chi connectivity index (χ3v) is 3.94. The number of nitrogens with one attached hydrogen (secondary N) is 1. The molecule has 1 atom stereocenters. The third kappa shape index (κ3) is 3.37. The summed E-state index contributed by atoms with van der Waals surface area (Å²) in [4.78, 5) is 0. The lowest BCUT2D eigenvalue weighted by atomic mass is 10.0. The molecule has 2 aromatic rings. The van der Waals surface area contributed by atoms with E-state index in [9.17, 15) is 0 Å². The molecule has 1 aliphatic rings. The molecule has 1 fully saturated rings. The predicted molar refractivity (Wildman–Crippen MR) is 80.2 cm³/mol. The topological polar surface area (TPSA) is 12.0 Å². The summed E-state index contributed by atoms with van der Waals surface area (Å²) in [6.45, 7) is 0.896. The van der Waals surface area contributed by atoms with E-state index in [1.54, 1.807) is 0 Å². The second kappa shape index (κ2) is 5.77. The number of halogens is 1. The summed E-state index contributed by atoms with van der Waals surface area (Å²) in [5.41, 5.74) is 2.69. The van der Waals surface area contributed by atoms with Crippen LogP contribution >= 0.6 is 11.6 Å². The molecule has 0 bridgehead atoms. The molecule has 0 saturated heterocycles. The summed E-state index contributed by atoms with van der Waals surface area (Å²) in [6.07, 6.45) is 2.68. The van der Waals surface area contributed by atoms with Gasteiger partial charge in [0.2, 0.25) is 0 Å². The molecule has 1 aliphatic carbocycles. The smallest absolute Gasteiger partial charge is 0.0406 e. The number of hydrogen-bond donors (Lipinski definition) is 1. The molecule has 0 radical (unpaired) electrons. The average Bonchev–Trinajstić information content (AvgIpc) is 3.27. The van der Waals surface area contributed by atoms with E-state index in [2.05, 4.69) is 47.8 Å². The first-order valence-corrected chi connectivity index (χ1v) is 7.23. The van der Waals surface area contributed by atoms with Gasteiger partial charge in [-0.05, 0) is 42.0 Å². The molecular formula is C17H18ClN. The lowest BCUT2D eigenvalue weighted by molar-refractivity contribution is 0.480. The van der Waals surface area contributed by atoms with Gasteiger partial charge >= 0.3 is 0 Å². The molecular weight excluding hydrogens is 254 g/mol. The Morgan fingerprint density at radius 1 is 1.00 bits per heavy atom. The first-order chi connectivity index (χ1) is 9.33. The highest BCUT2D eigenvalue weighted by molar-refractivity contribution is 6.30. The van der Waals surface area contributed by atoms with Crippen LogP contribution in [0.4, 0.5) is 0 Å². The zero-order valence-corrected chi connectivity index (χ0v) is 11.6. The molecule has 2 heteroatoms. The molecule has 98 valence electrons. The molecule has 0 heterocycles. The van der Waals surface area contributed by atoms with Crippen LogP contribution in [0.1, 0.15) is 30.0 Å². The van der Waals surface area contributed by atoms with Crippen LogP contribution in [0, 0.1) is 5.92 Å². The van der Waals surface area contributed by atoms with E-state index >= 15 is 0 Å². The third-order valence-electron chi connectivity index (χ3n) is 3.69. The van der Waals surface area contributed by atoms with Crippen molar-refractivity contribution < 1.29 is 0 Å². The molecule has 0 spiro atoms. The standard InChI is InChI=1S/C17H18ClN/c18-16-10-6-13(7-11-16)12-19-17(15-8-9-15)14-4-2-1-3-5-14/h1-7,10-11,15,17,19H,8-9,12H2. The van der Waals surface area contributed by atoms with Crippen LogP contribution in [-0.4, -0.2) is 0 Å². The normalized spacial score (nSPS) is 16.3. The Bertz CT molecular complexity index is 517. The van der Waals surface area contributed by atoms with Gasteiger partial charge in [0, 0.05) is 17.6 Å². The molecule has 1 nitrogen and oxygen atoms in total. The van der Waals surface area contributed by atoms with E-state index in [1.807, 2.05) is 12.1 Å². The largest absolute Gasteiger partial charge is 0.306 e. The van der Waals surface area contributed by atoms with Gasteiger partial charge in [0.25, 0.3) is 0 Å². The van der Waals surface area contributed by atoms with E-state index in [-0.39, 0.29) is 0 Å². The van der Waals surface area contributed by atoms with Gasteiger partial charge in [0.15, 0.2) is 0 Å². The first kappa shape index (κ1) is 12.7. The molecule has 0 aliphatic heterocycles.